The molecule has 2 fully saturated rings. The molecule has 1 spiro atoms. The van der Waals surface area contributed by atoms with Crippen molar-refractivity contribution in [3.05, 3.63) is 29.6 Å². The van der Waals surface area contributed by atoms with Crippen LogP contribution in [-0.4, -0.2) is 86.8 Å². The number of anilines is 1. The second kappa shape index (κ2) is 10.9. The van der Waals surface area contributed by atoms with E-state index in [4.69, 9.17) is 4.74 Å². The van der Waals surface area contributed by atoms with Crippen LogP contribution in [0.2, 0.25) is 0 Å². The van der Waals surface area contributed by atoms with Crippen molar-refractivity contribution in [1.82, 2.24) is 14.7 Å². The minimum atomic E-state index is -0.272. The van der Waals surface area contributed by atoms with Crippen LogP contribution < -0.4 is 4.90 Å². The van der Waals surface area contributed by atoms with Crippen LogP contribution in [0, 0.1) is 23.6 Å². The van der Waals surface area contributed by atoms with E-state index in [1.807, 2.05) is 0 Å². The van der Waals surface area contributed by atoms with E-state index < -0.39 is 0 Å². The SMILES string of the molecule is CCCC#CCOC(=O)N1CC[C@H](CN2CCC3(CC2)CN(C(=O)N(C)C)c2ccc(F)cc23)C1. The summed E-state index contributed by atoms with van der Waals surface area (Å²) in [6, 6.07) is 4.75. The van der Waals surface area contributed by atoms with Gasteiger partial charge < -0.3 is 19.4 Å². The van der Waals surface area contributed by atoms with Crippen molar-refractivity contribution in [3.63, 3.8) is 0 Å². The van der Waals surface area contributed by atoms with Gasteiger partial charge in [0.15, 0.2) is 6.61 Å². The number of carbonyl (C=O) groups is 2. The highest BCUT2D eigenvalue weighted by atomic mass is 19.1. The molecule has 7 nitrogen and oxygen atoms in total. The zero-order chi connectivity index (χ0) is 25.0. The molecule has 4 rings (SSSR count). The number of ether oxygens (including phenoxy) is 1. The number of benzene rings is 1. The minimum absolute atomic E-state index is 0.0635. The molecule has 0 aromatic heterocycles. The van der Waals surface area contributed by atoms with Gasteiger partial charge in [-0.2, -0.15) is 0 Å². The van der Waals surface area contributed by atoms with Crippen molar-refractivity contribution < 1.29 is 18.7 Å². The normalized spacial score (nSPS) is 21.0. The van der Waals surface area contributed by atoms with E-state index in [1.54, 1.807) is 40.9 Å². The Balaban J connectivity index is 1.31. The summed E-state index contributed by atoms with van der Waals surface area (Å²) < 4.78 is 19.5. The fourth-order valence-corrected chi connectivity index (χ4v) is 5.61. The maximum atomic E-state index is 14.2. The zero-order valence-corrected chi connectivity index (χ0v) is 21.2. The molecule has 1 atom stereocenters. The fraction of sp³-hybridized carbons (Fsp3) is 0.630. The number of urea groups is 1. The first kappa shape index (κ1) is 25.3. The molecule has 0 aliphatic carbocycles. The number of hydrogen-bond acceptors (Lipinski definition) is 4. The Hall–Kier alpha value is -2.79. The summed E-state index contributed by atoms with van der Waals surface area (Å²) in [7, 11) is 3.50. The molecule has 1 aromatic rings. The van der Waals surface area contributed by atoms with Gasteiger partial charge in [0, 0.05) is 57.8 Å². The molecular weight excluding hydrogens is 447 g/mol. The van der Waals surface area contributed by atoms with Gasteiger partial charge in [-0.25, -0.2) is 14.0 Å². The van der Waals surface area contributed by atoms with Gasteiger partial charge in [-0.15, -0.1) is 0 Å². The lowest BCUT2D eigenvalue weighted by atomic mass is 9.74. The van der Waals surface area contributed by atoms with Crippen molar-refractivity contribution in [2.75, 3.05) is 64.9 Å². The molecule has 0 saturated carbocycles. The van der Waals surface area contributed by atoms with Crippen LogP contribution in [0.4, 0.5) is 19.7 Å². The summed E-state index contributed by atoms with van der Waals surface area (Å²) in [5, 5.41) is 0. The number of carbonyl (C=O) groups excluding carboxylic acids is 2. The van der Waals surface area contributed by atoms with Crippen LogP contribution in [0.25, 0.3) is 0 Å². The van der Waals surface area contributed by atoms with E-state index in [0.717, 1.165) is 69.5 Å². The topological polar surface area (TPSA) is 56.3 Å². The van der Waals surface area contributed by atoms with Crippen LogP contribution in [0.3, 0.4) is 0 Å². The highest BCUT2D eigenvalue weighted by Gasteiger charge is 2.47. The number of piperidine rings is 1. The molecular formula is C27H37FN4O3. The minimum Gasteiger partial charge on any atom is -0.436 e. The van der Waals surface area contributed by atoms with Crippen molar-refractivity contribution in [3.8, 4) is 11.8 Å². The van der Waals surface area contributed by atoms with Crippen LogP contribution in [0.1, 0.15) is 44.6 Å². The first-order chi connectivity index (χ1) is 16.8. The molecule has 0 radical (unpaired) electrons. The van der Waals surface area contributed by atoms with E-state index >= 15 is 0 Å². The Morgan fingerprint density at radius 3 is 2.69 bits per heavy atom. The van der Waals surface area contributed by atoms with Gasteiger partial charge in [-0.05, 0) is 68.5 Å². The van der Waals surface area contributed by atoms with Crippen LogP contribution in [-0.2, 0) is 10.2 Å². The molecule has 3 amide bonds. The molecule has 3 heterocycles. The quantitative estimate of drug-likeness (QED) is 0.608. The third-order valence-corrected chi connectivity index (χ3v) is 7.54. The van der Waals surface area contributed by atoms with Crippen LogP contribution in [0.5, 0.6) is 0 Å². The summed E-state index contributed by atoms with van der Waals surface area (Å²) in [6.07, 6.45) is 4.29. The monoisotopic (exact) mass is 484 g/mol. The predicted octanol–water partition coefficient (Wildman–Crippen LogP) is 3.92. The second-order valence-electron chi connectivity index (χ2n) is 10.3. The lowest BCUT2D eigenvalue weighted by Crippen LogP contribution is -2.48. The summed E-state index contributed by atoms with van der Waals surface area (Å²) in [5.41, 5.74) is 1.59. The number of rotatable bonds is 4. The molecule has 0 N–H and O–H groups in total. The van der Waals surface area contributed by atoms with Crippen molar-refractivity contribution in [1.29, 1.82) is 0 Å². The maximum absolute atomic E-state index is 14.2. The molecule has 2 saturated heterocycles. The number of hydrogen-bond donors (Lipinski definition) is 0. The van der Waals surface area contributed by atoms with Crippen molar-refractivity contribution >= 4 is 17.8 Å². The highest BCUT2D eigenvalue weighted by Crippen LogP contribution is 2.47. The van der Waals surface area contributed by atoms with Crippen molar-refractivity contribution in [2.45, 2.75) is 44.4 Å². The first-order valence-corrected chi connectivity index (χ1v) is 12.7. The maximum Gasteiger partial charge on any atom is 0.410 e. The number of fused-ring (bicyclic) bond motifs is 2. The molecule has 3 aliphatic rings. The van der Waals surface area contributed by atoms with E-state index in [1.165, 1.54) is 6.07 Å². The summed E-state index contributed by atoms with van der Waals surface area (Å²) >= 11 is 0. The second-order valence-corrected chi connectivity index (χ2v) is 10.3. The molecule has 8 heteroatoms. The molecule has 0 bridgehead atoms. The average Bonchev–Trinajstić information content (AvgIpc) is 3.43. The summed E-state index contributed by atoms with van der Waals surface area (Å²) in [5.74, 6) is 6.05. The van der Waals surface area contributed by atoms with Gasteiger partial charge in [-0.1, -0.05) is 18.8 Å². The van der Waals surface area contributed by atoms with Crippen LogP contribution >= 0.6 is 0 Å². The van der Waals surface area contributed by atoms with Crippen molar-refractivity contribution in [2.24, 2.45) is 5.92 Å². The van der Waals surface area contributed by atoms with Gasteiger partial charge in [0.05, 0.1) is 0 Å². The Bertz CT molecular complexity index is 994. The van der Waals surface area contributed by atoms with Gasteiger partial charge in [0.25, 0.3) is 0 Å². The van der Waals surface area contributed by atoms with Crippen LogP contribution in [0.15, 0.2) is 18.2 Å². The fourth-order valence-electron chi connectivity index (χ4n) is 5.61. The lowest BCUT2D eigenvalue weighted by molar-refractivity contribution is 0.117. The summed E-state index contributed by atoms with van der Waals surface area (Å²) in [6.45, 7) is 6.99. The third-order valence-electron chi connectivity index (χ3n) is 7.54. The first-order valence-electron chi connectivity index (χ1n) is 12.7. The molecule has 190 valence electrons. The zero-order valence-electron chi connectivity index (χ0n) is 21.2. The third kappa shape index (κ3) is 5.56. The Labute approximate surface area is 208 Å². The number of unbranched alkanes of at least 4 members (excludes halogenated alkanes) is 1. The average molecular weight is 485 g/mol. The number of nitrogens with zero attached hydrogens (tertiary/aromatic N) is 4. The van der Waals surface area contributed by atoms with E-state index in [9.17, 15) is 14.0 Å². The van der Waals surface area contributed by atoms with E-state index in [-0.39, 0.29) is 30.0 Å². The van der Waals surface area contributed by atoms with Gasteiger partial charge in [-0.3, -0.25) is 4.90 Å². The Morgan fingerprint density at radius 1 is 1.20 bits per heavy atom. The molecule has 1 aromatic carbocycles. The smallest absolute Gasteiger partial charge is 0.410 e. The highest BCUT2D eigenvalue weighted by molar-refractivity contribution is 5.95. The van der Waals surface area contributed by atoms with Gasteiger partial charge >= 0.3 is 12.1 Å². The van der Waals surface area contributed by atoms with E-state index in [2.05, 4.69) is 23.7 Å². The number of halogens is 1. The Kier molecular flexibility index (Phi) is 7.85. The number of amides is 3. The van der Waals surface area contributed by atoms with Gasteiger partial charge in [0.1, 0.15) is 5.82 Å². The lowest BCUT2D eigenvalue weighted by Gasteiger charge is -2.40. The summed E-state index contributed by atoms with van der Waals surface area (Å²) in [4.78, 5) is 32.8. The van der Waals surface area contributed by atoms with E-state index in [0.29, 0.717) is 19.0 Å². The standard InChI is InChI=1S/C27H37FN4O3/c1-4-5-6-7-16-35-26(34)31-13-10-21(19-31)18-30-14-11-27(12-15-30)20-32(25(33)29(2)3)24-9-8-22(28)17-23(24)27/h8-9,17,21H,4-5,10-16,18-20H2,1-3H3/t21-/m1/s1. The number of likely N-dealkylation sites (tertiary alicyclic amines) is 2. The molecule has 3 aliphatic heterocycles. The molecule has 0 unspecified atom stereocenters. The molecule has 35 heavy (non-hydrogen) atoms. The predicted molar refractivity (Wildman–Crippen MR) is 134 cm³/mol. The van der Waals surface area contributed by atoms with Gasteiger partial charge in [0.2, 0.25) is 0 Å². The Morgan fingerprint density at radius 2 is 1.97 bits per heavy atom. The largest absolute Gasteiger partial charge is 0.436 e.